The summed E-state index contributed by atoms with van der Waals surface area (Å²) < 4.78 is 0. The Morgan fingerprint density at radius 2 is 1.77 bits per heavy atom. The van der Waals surface area contributed by atoms with Crippen LogP contribution in [0.4, 0.5) is 0 Å². The average molecular weight is 178 g/mol. The summed E-state index contributed by atoms with van der Waals surface area (Å²) in [5, 5.41) is 8.48. The lowest BCUT2D eigenvalue weighted by Gasteiger charge is -2.01. The van der Waals surface area contributed by atoms with E-state index in [1.807, 2.05) is 6.08 Å². The molecule has 0 spiro atoms. The highest BCUT2D eigenvalue weighted by atomic mass is 14.3. The number of allylic oxidation sites excluding steroid dienone is 1. The van der Waals surface area contributed by atoms with Crippen LogP contribution in [0, 0.1) is 24.2 Å². The second kappa shape index (κ2) is 9.32. The van der Waals surface area contributed by atoms with Crippen molar-refractivity contribution in [2.75, 3.05) is 0 Å². The van der Waals surface area contributed by atoms with Crippen molar-refractivity contribution < 1.29 is 0 Å². The van der Waals surface area contributed by atoms with E-state index in [1.54, 1.807) is 0 Å². The average Bonchev–Trinajstić information content (AvgIpc) is 2.16. The van der Waals surface area contributed by atoms with Gasteiger partial charge in [0, 0.05) is 5.92 Å². The van der Waals surface area contributed by atoms with Crippen molar-refractivity contribution >= 4 is 0 Å². The maximum Gasteiger partial charge on any atom is 0.0655 e. The molecule has 1 heteroatoms. The van der Waals surface area contributed by atoms with Crippen LogP contribution < -0.4 is 0 Å². The Kier molecular flexibility index (Phi) is 8.77. The Morgan fingerprint density at radius 1 is 1.15 bits per heavy atom. The Balaban J connectivity index is 3.00. The third-order valence-corrected chi connectivity index (χ3v) is 2.14. The SMILES string of the molecule is [CH2]C(C#N)CCCCCCCC=C. The van der Waals surface area contributed by atoms with Crippen LogP contribution >= 0.6 is 0 Å². The molecule has 0 fully saturated rings. The zero-order valence-electron chi connectivity index (χ0n) is 8.47. The number of unbranched alkanes of at least 4 members (excludes halogenated alkanes) is 5. The van der Waals surface area contributed by atoms with Crippen LogP contribution in [0.25, 0.3) is 0 Å². The van der Waals surface area contributed by atoms with Gasteiger partial charge < -0.3 is 0 Å². The first-order chi connectivity index (χ1) is 6.31. The summed E-state index contributed by atoms with van der Waals surface area (Å²) in [6.07, 6.45) is 10.3. The molecule has 0 aliphatic carbocycles. The minimum Gasteiger partial charge on any atom is -0.198 e. The Hall–Kier alpha value is -0.770. The molecule has 0 heterocycles. The maximum atomic E-state index is 8.48. The molecule has 0 amide bonds. The fraction of sp³-hybridized carbons (Fsp3) is 0.667. The molecule has 0 aliphatic heterocycles. The first kappa shape index (κ1) is 12.2. The molecular weight excluding hydrogens is 158 g/mol. The lowest BCUT2D eigenvalue weighted by atomic mass is 10.0. The number of nitriles is 1. The van der Waals surface area contributed by atoms with Gasteiger partial charge in [0.1, 0.15) is 0 Å². The smallest absolute Gasteiger partial charge is 0.0655 e. The summed E-state index contributed by atoms with van der Waals surface area (Å²) in [7, 11) is 0. The summed E-state index contributed by atoms with van der Waals surface area (Å²) in [5.41, 5.74) is 0. The molecule has 1 nitrogen and oxygen atoms in total. The van der Waals surface area contributed by atoms with Crippen molar-refractivity contribution in [2.24, 2.45) is 5.92 Å². The van der Waals surface area contributed by atoms with E-state index in [4.69, 9.17) is 5.26 Å². The summed E-state index contributed by atoms with van der Waals surface area (Å²) in [5.74, 6) is -0.00632. The molecule has 1 atom stereocenters. The lowest BCUT2D eigenvalue weighted by Crippen LogP contribution is -1.89. The van der Waals surface area contributed by atoms with Crippen molar-refractivity contribution in [3.63, 3.8) is 0 Å². The van der Waals surface area contributed by atoms with Crippen LogP contribution in [0.1, 0.15) is 44.9 Å². The van der Waals surface area contributed by atoms with Gasteiger partial charge in [-0.25, -0.2) is 0 Å². The third kappa shape index (κ3) is 9.14. The third-order valence-electron chi connectivity index (χ3n) is 2.14. The minimum atomic E-state index is -0.00632. The zero-order valence-corrected chi connectivity index (χ0v) is 8.47. The first-order valence-electron chi connectivity index (χ1n) is 5.15. The van der Waals surface area contributed by atoms with Gasteiger partial charge in [0.05, 0.1) is 6.07 Å². The monoisotopic (exact) mass is 178 g/mol. The predicted molar refractivity (Wildman–Crippen MR) is 57.0 cm³/mol. The molecule has 0 aromatic rings. The van der Waals surface area contributed by atoms with Gasteiger partial charge in [-0.1, -0.05) is 31.8 Å². The number of rotatable bonds is 8. The minimum absolute atomic E-state index is 0.00632. The molecule has 73 valence electrons. The molecule has 0 saturated heterocycles. The van der Waals surface area contributed by atoms with E-state index in [0.717, 1.165) is 19.3 Å². The predicted octanol–water partition coefficient (Wildman–Crippen LogP) is 3.88. The highest BCUT2D eigenvalue weighted by molar-refractivity contribution is 4.83. The van der Waals surface area contributed by atoms with Crippen LogP contribution in [-0.2, 0) is 0 Å². The van der Waals surface area contributed by atoms with Crippen LogP contribution in [0.3, 0.4) is 0 Å². The largest absolute Gasteiger partial charge is 0.198 e. The van der Waals surface area contributed by atoms with Crippen molar-refractivity contribution in [3.05, 3.63) is 19.6 Å². The number of hydrogen-bond donors (Lipinski definition) is 0. The van der Waals surface area contributed by atoms with E-state index >= 15 is 0 Å². The van der Waals surface area contributed by atoms with Gasteiger partial charge in [0.2, 0.25) is 0 Å². The van der Waals surface area contributed by atoms with Crippen LogP contribution in [0.15, 0.2) is 12.7 Å². The number of hydrogen-bond acceptors (Lipinski definition) is 1. The fourth-order valence-corrected chi connectivity index (χ4v) is 1.27. The topological polar surface area (TPSA) is 23.8 Å². The normalized spacial score (nSPS) is 12.0. The van der Waals surface area contributed by atoms with Crippen molar-refractivity contribution in [1.29, 1.82) is 5.26 Å². The number of nitrogens with zero attached hydrogens (tertiary/aromatic N) is 1. The second-order valence-electron chi connectivity index (χ2n) is 3.46. The van der Waals surface area contributed by atoms with Gasteiger partial charge in [-0.2, -0.15) is 5.26 Å². The molecule has 0 aliphatic rings. The Morgan fingerprint density at radius 3 is 2.38 bits per heavy atom. The highest BCUT2D eigenvalue weighted by Crippen LogP contribution is 2.10. The van der Waals surface area contributed by atoms with Crippen molar-refractivity contribution in [2.45, 2.75) is 44.9 Å². The Labute approximate surface area is 82.5 Å². The maximum absolute atomic E-state index is 8.48. The summed E-state index contributed by atoms with van der Waals surface area (Å²) in [6.45, 7) is 7.41. The molecule has 0 aromatic carbocycles. The standard InChI is InChI=1S/C12H20N/c1-3-4-5-6-7-8-9-10-12(2)11-13/h3,12H,1-2,4-10H2. The van der Waals surface area contributed by atoms with E-state index in [0.29, 0.717) is 0 Å². The van der Waals surface area contributed by atoms with E-state index in [2.05, 4.69) is 19.6 Å². The molecule has 1 radical (unpaired) electrons. The molecule has 0 N–H and O–H groups in total. The van der Waals surface area contributed by atoms with Gasteiger partial charge in [0.15, 0.2) is 0 Å². The lowest BCUT2D eigenvalue weighted by molar-refractivity contribution is 0.571. The first-order valence-corrected chi connectivity index (χ1v) is 5.15. The van der Waals surface area contributed by atoms with Gasteiger partial charge >= 0.3 is 0 Å². The summed E-state index contributed by atoms with van der Waals surface area (Å²) in [6, 6.07) is 2.15. The van der Waals surface area contributed by atoms with E-state index in [9.17, 15) is 0 Å². The van der Waals surface area contributed by atoms with Crippen molar-refractivity contribution in [1.82, 2.24) is 0 Å². The molecule has 0 rings (SSSR count). The summed E-state index contributed by atoms with van der Waals surface area (Å²) in [4.78, 5) is 0. The molecular formula is C12H20N. The molecule has 13 heavy (non-hydrogen) atoms. The fourth-order valence-electron chi connectivity index (χ4n) is 1.27. The van der Waals surface area contributed by atoms with Gasteiger partial charge in [-0.3, -0.25) is 0 Å². The van der Waals surface area contributed by atoms with Crippen molar-refractivity contribution in [3.8, 4) is 6.07 Å². The van der Waals surface area contributed by atoms with Gasteiger partial charge in [-0.15, -0.1) is 6.58 Å². The second-order valence-corrected chi connectivity index (χ2v) is 3.46. The molecule has 1 unspecified atom stereocenters. The van der Waals surface area contributed by atoms with Crippen LogP contribution in [0.2, 0.25) is 0 Å². The quantitative estimate of drug-likeness (QED) is 0.409. The van der Waals surface area contributed by atoms with E-state index in [1.165, 1.54) is 25.7 Å². The van der Waals surface area contributed by atoms with E-state index < -0.39 is 0 Å². The summed E-state index contributed by atoms with van der Waals surface area (Å²) >= 11 is 0. The van der Waals surface area contributed by atoms with Crippen LogP contribution in [0.5, 0.6) is 0 Å². The van der Waals surface area contributed by atoms with Crippen LogP contribution in [-0.4, -0.2) is 0 Å². The zero-order chi connectivity index (χ0) is 9.94. The molecule has 0 saturated carbocycles. The highest BCUT2D eigenvalue weighted by Gasteiger charge is 1.98. The van der Waals surface area contributed by atoms with Gasteiger partial charge in [-0.05, 0) is 26.2 Å². The van der Waals surface area contributed by atoms with E-state index in [-0.39, 0.29) is 5.92 Å². The Bertz CT molecular complexity index is 155. The van der Waals surface area contributed by atoms with Gasteiger partial charge in [0.25, 0.3) is 0 Å². The molecule has 0 bridgehead atoms. The molecule has 0 aromatic heterocycles.